The topological polar surface area (TPSA) is 279 Å². The Kier molecular flexibility index (Phi) is 7.54. The Hall–Kier alpha value is -1.56. The van der Waals surface area contributed by atoms with Crippen LogP contribution >= 0.6 is 23.5 Å². The largest absolute Gasteiger partial charge is 0.490 e. The lowest BCUT2D eigenvalue weighted by atomic mass is 10.1. The van der Waals surface area contributed by atoms with Gasteiger partial charge in [0.15, 0.2) is 0 Å². The monoisotopic (exact) mass is 552 g/mol. The number of nitrogens with two attached hydrogens (primary N) is 1. The fraction of sp³-hybridized carbons (Fsp3) is 0.583. The van der Waals surface area contributed by atoms with Crippen LogP contribution < -0.4 is 15.9 Å². The van der Waals surface area contributed by atoms with E-state index in [9.17, 15) is 33.4 Å². The Labute approximate surface area is 189 Å². The summed E-state index contributed by atoms with van der Waals surface area (Å²) in [5.74, 6) is -0.211. The number of nitrogens with one attached hydrogen (secondary N) is 1. The van der Waals surface area contributed by atoms with Gasteiger partial charge < -0.3 is 39.9 Å². The molecule has 2 unspecified atom stereocenters. The van der Waals surface area contributed by atoms with Gasteiger partial charge in [-0.15, -0.1) is 0 Å². The quantitative estimate of drug-likeness (QED) is 0.128. The molecule has 6 atom stereocenters. The fourth-order valence-corrected chi connectivity index (χ4v) is 6.33. The Balaban J connectivity index is 1.80. The van der Waals surface area contributed by atoms with Gasteiger partial charge in [0.1, 0.15) is 18.3 Å². The SMILES string of the molecule is CO[C@H]1[C@@H](O)[C@H](n2c[n+](C)c3c(=O)[nH]c(N)nc32)O[C@@H]1COP(=O)(O)OP(=O)(O)OP(=O)(O)O. The predicted molar refractivity (Wildman–Crippen MR) is 106 cm³/mol. The van der Waals surface area contributed by atoms with Crippen molar-refractivity contribution in [3.8, 4) is 0 Å². The van der Waals surface area contributed by atoms with Crippen molar-refractivity contribution in [1.29, 1.82) is 0 Å². The molecule has 8 N–H and O–H groups in total. The van der Waals surface area contributed by atoms with Crippen molar-refractivity contribution in [3.63, 3.8) is 0 Å². The first kappa shape index (κ1) is 27.0. The zero-order valence-corrected chi connectivity index (χ0v) is 19.9. The number of aromatic amines is 1. The summed E-state index contributed by atoms with van der Waals surface area (Å²) < 4.78 is 59.4. The molecule has 0 spiro atoms. The number of hydrogen-bond acceptors (Lipinski definition) is 12. The number of hydrogen-bond donors (Lipinski definition) is 7. The number of methoxy groups -OCH3 is 1. The van der Waals surface area contributed by atoms with Crippen molar-refractivity contribution < 1.29 is 65.6 Å². The lowest BCUT2D eigenvalue weighted by Crippen LogP contribution is -2.35. The van der Waals surface area contributed by atoms with Gasteiger partial charge in [-0.1, -0.05) is 0 Å². The molecular formula is C12H21N5O14P3+. The summed E-state index contributed by atoms with van der Waals surface area (Å²) in [5, 5.41) is 10.7. The van der Waals surface area contributed by atoms with Crippen LogP contribution in [0.1, 0.15) is 6.23 Å². The molecule has 1 saturated heterocycles. The molecule has 0 aromatic carbocycles. The molecule has 1 aliphatic rings. The zero-order valence-electron chi connectivity index (χ0n) is 17.3. The first-order chi connectivity index (χ1) is 15.5. The number of phosphoric acid groups is 3. The Morgan fingerprint density at radius 2 is 1.88 bits per heavy atom. The summed E-state index contributed by atoms with van der Waals surface area (Å²) in [6.45, 7) is -0.864. The van der Waals surface area contributed by atoms with Crippen molar-refractivity contribution in [2.75, 3.05) is 19.5 Å². The van der Waals surface area contributed by atoms with Crippen molar-refractivity contribution in [1.82, 2.24) is 14.5 Å². The molecule has 22 heteroatoms. The maximum Gasteiger partial charge on any atom is 0.490 e. The Morgan fingerprint density at radius 1 is 1.24 bits per heavy atom. The van der Waals surface area contributed by atoms with Crippen LogP contribution in [-0.2, 0) is 43.4 Å². The van der Waals surface area contributed by atoms with Crippen LogP contribution in [0.5, 0.6) is 0 Å². The second-order valence-corrected chi connectivity index (χ2v) is 11.3. The molecule has 3 heterocycles. The van der Waals surface area contributed by atoms with E-state index in [1.807, 2.05) is 0 Å². The van der Waals surface area contributed by atoms with Crippen molar-refractivity contribution >= 4 is 40.6 Å². The van der Waals surface area contributed by atoms with Gasteiger partial charge in [0.05, 0.1) is 13.7 Å². The smallest absolute Gasteiger partial charge is 0.383 e. The minimum Gasteiger partial charge on any atom is -0.383 e. The molecule has 1 aliphatic heterocycles. The molecule has 19 nitrogen and oxygen atoms in total. The van der Waals surface area contributed by atoms with Crippen LogP contribution in [0.25, 0.3) is 11.2 Å². The number of aliphatic hydroxyl groups is 1. The minimum absolute atomic E-state index is 0.0381. The number of aromatic nitrogens is 4. The van der Waals surface area contributed by atoms with Gasteiger partial charge in [0.25, 0.3) is 11.2 Å². The van der Waals surface area contributed by atoms with Crippen LogP contribution in [0.15, 0.2) is 11.1 Å². The third-order valence-electron chi connectivity index (χ3n) is 4.46. The molecule has 0 bridgehead atoms. The summed E-state index contributed by atoms with van der Waals surface area (Å²) in [6.07, 6.45) is -3.77. The number of nitrogens with zero attached hydrogens (tertiary/aromatic N) is 3. The maximum absolute atomic E-state index is 12.2. The average molecular weight is 552 g/mol. The van der Waals surface area contributed by atoms with E-state index >= 15 is 0 Å². The van der Waals surface area contributed by atoms with Crippen molar-refractivity contribution in [3.05, 3.63) is 16.7 Å². The molecule has 192 valence electrons. The molecule has 3 rings (SSSR count). The first-order valence-corrected chi connectivity index (χ1v) is 13.5. The average Bonchev–Trinajstić information content (AvgIpc) is 3.13. The second-order valence-electron chi connectivity index (χ2n) is 6.90. The molecule has 0 saturated carbocycles. The van der Waals surface area contributed by atoms with Gasteiger partial charge in [0, 0.05) is 7.11 Å². The summed E-state index contributed by atoms with van der Waals surface area (Å²) in [7, 11) is -14.0. The highest BCUT2D eigenvalue weighted by molar-refractivity contribution is 7.66. The van der Waals surface area contributed by atoms with Crippen LogP contribution in [-0.4, -0.2) is 71.2 Å². The van der Waals surface area contributed by atoms with Crippen molar-refractivity contribution in [2.24, 2.45) is 7.05 Å². The van der Waals surface area contributed by atoms with Crippen molar-refractivity contribution in [2.45, 2.75) is 24.5 Å². The van der Waals surface area contributed by atoms with E-state index in [0.29, 0.717) is 0 Å². The normalized spacial score (nSPS) is 27.0. The summed E-state index contributed by atoms with van der Waals surface area (Å²) in [6, 6.07) is 0. The lowest BCUT2D eigenvalue weighted by Gasteiger charge is -2.20. The number of rotatable bonds is 9. The second kappa shape index (κ2) is 9.48. The van der Waals surface area contributed by atoms with E-state index in [2.05, 4.69) is 23.1 Å². The van der Waals surface area contributed by atoms with Gasteiger partial charge in [0.2, 0.25) is 18.5 Å². The lowest BCUT2D eigenvalue weighted by molar-refractivity contribution is -0.646. The standard InChI is InChI=1S/C12H20N5O14P3/c1-16-4-17(9-6(16)10(19)15-12(13)14-9)11-7(18)8(27-2)5(29-11)3-28-33(23,24)31-34(25,26)30-32(20,21)22/h4-5,7-8,11,18H,3H2,1-2H3,(H6-,13,14,15,19,20,21,22,23,24,25,26)/p+1/t5-,7-,8-,11-/m1/s1. The van der Waals surface area contributed by atoms with Crippen LogP contribution in [0.2, 0.25) is 0 Å². The van der Waals surface area contributed by atoms with Crippen LogP contribution in [0.4, 0.5) is 5.95 Å². The Morgan fingerprint density at radius 3 is 2.47 bits per heavy atom. The summed E-state index contributed by atoms with van der Waals surface area (Å²) in [4.78, 5) is 54.5. The van der Waals surface area contributed by atoms with E-state index in [-0.39, 0.29) is 17.1 Å². The molecule has 34 heavy (non-hydrogen) atoms. The van der Waals surface area contributed by atoms with Gasteiger partial charge in [-0.05, 0) is 0 Å². The van der Waals surface area contributed by atoms with E-state index in [4.69, 9.17) is 25.0 Å². The summed E-state index contributed by atoms with van der Waals surface area (Å²) >= 11 is 0. The molecule has 2 aromatic rings. The number of H-pyrrole nitrogens is 1. The fourth-order valence-electron chi connectivity index (χ4n) is 3.30. The van der Waals surface area contributed by atoms with E-state index < -0.39 is 60.2 Å². The minimum atomic E-state index is -5.71. The summed E-state index contributed by atoms with van der Waals surface area (Å²) in [5.41, 5.74) is 5.15. The number of imidazole rings is 1. The molecular weight excluding hydrogens is 531 g/mol. The van der Waals surface area contributed by atoms with Crippen LogP contribution in [0.3, 0.4) is 0 Å². The molecule has 1 fully saturated rings. The van der Waals surface area contributed by atoms with E-state index in [1.165, 1.54) is 29.6 Å². The zero-order chi connectivity index (χ0) is 25.6. The van der Waals surface area contributed by atoms with Gasteiger partial charge in [-0.3, -0.25) is 14.3 Å². The molecule has 0 radical (unpaired) electrons. The Bertz CT molecular complexity index is 1270. The van der Waals surface area contributed by atoms with E-state index in [0.717, 1.165) is 0 Å². The molecule has 2 aromatic heterocycles. The highest BCUT2D eigenvalue weighted by atomic mass is 31.3. The highest BCUT2D eigenvalue weighted by Gasteiger charge is 2.50. The third-order valence-corrected chi connectivity index (χ3v) is 8.27. The number of aryl methyl sites for hydroxylation is 1. The van der Waals surface area contributed by atoms with Crippen LogP contribution in [0, 0.1) is 0 Å². The number of anilines is 1. The number of ether oxygens (including phenoxy) is 2. The number of fused-ring (bicyclic) bond motifs is 1. The highest BCUT2D eigenvalue weighted by Crippen LogP contribution is 2.66. The molecule has 0 aliphatic carbocycles. The van der Waals surface area contributed by atoms with Gasteiger partial charge in [-0.2, -0.15) is 18.2 Å². The van der Waals surface area contributed by atoms with Gasteiger partial charge >= 0.3 is 29.0 Å². The third kappa shape index (κ3) is 5.98. The number of nitrogen functional groups attached to an aromatic ring is 1. The predicted octanol–water partition coefficient (Wildman–Crippen LogP) is -2.25. The maximum atomic E-state index is 12.2. The molecule has 0 amide bonds. The first-order valence-electron chi connectivity index (χ1n) is 8.94. The number of aliphatic hydroxyl groups excluding tert-OH is 1. The van der Waals surface area contributed by atoms with E-state index in [1.54, 1.807) is 0 Å². The van der Waals surface area contributed by atoms with Gasteiger partial charge in [-0.25, -0.2) is 18.3 Å². The number of phosphoric ester groups is 1.